The average Bonchev–Trinajstić information content (AvgIpc) is 3.14. The lowest BCUT2D eigenvalue weighted by Gasteiger charge is -2.13. The predicted molar refractivity (Wildman–Crippen MR) is 81.1 cm³/mol. The molecule has 2 aromatic heterocycles. The van der Waals surface area contributed by atoms with E-state index < -0.39 is 23.6 Å². The summed E-state index contributed by atoms with van der Waals surface area (Å²) in [7, 11) is 0. The van der Waals surface area contributed by atoms with Gasteiger partial charge in [-0.25, -0.2) is 4.79 Å². The van der Waals surface area contributed by atoms with E-state index in [1.165, 1.54) is 18.6 Å². The number of carbonyl (C=O) groups is 2. The number of anilines is 1. The Morgan fingerprint density at radius 1 is 1.26 bits per heavy atom. The number of hydrogen-bond acceptors (Lipinski definition) is 5. The zero-order valence-electron chi connectivity index (χ0n) is 12.1. The molecule has 2 heterocycles. The summed E-state index contributed by atoms with van der Waals surface area (Å²) in [4.78, 5) is 37.6. The first kappa shape index (κ1) is 14.6. The lowest BCUT2D eigenvalue weighted by atomic mass is 10.2. The molecule has 0 saturated heterocycles. The number of rotatable bonds is 4. The molecule has 3 rings (SSSR count). The van der Waals surface area contributed by atoms with Crippen LogP contribution in [0.4, 0.5) is 5.69 Å². The van der Waals surface area contributed by atoms with Crippen molar-refractivity contribution in [2.24, 2.45) is 0 Å². The molecule has 118 valence electrons. The van der Waals surface area contributed by atoms with Gasteiger partial charge in [0.25, 0.3) is 5.91 Å². The van der Waals surface area contributed by atoms with E-state index in [9.17, 15) is 14.4 Å². The number of hydrogen-bond donors (Lipinski definition) is 3. The Kier molecular flexibility index (Phi) is 3.71. The third kappa shape index (κ3) is 3.15. The van der Waals surface area contributed by atoms with Crippen LogP contribution in [0.1, 0.15) is 17.3 Å². The van der Waals surface area contributed by atoms with Crippen LogP contribution in [0.5, 0.6) is 0 Å². The van der Waals surface area contributed by atoms with E-state index in [1.807, 2.05) is 0 Å². The Bertz CT molecular complexity index is 907. The molecular weight excluding hydrogens is 302 g/mol. The summed E-state index contributed by atoms with van der Waals surface area (Å²) in [5, 5.41) is 5.21. The minimum atomic E-state index is -0.753. The van der Waals surface area contributed by atoms with Gasteiger partial charge in [0.1, 0.15) is 12.3 Å². The van der Waals surface area contributed by atoms with Crippen LogP contribution in [0.2, 0.25) is 0 Å². The number of carbonyl (C=O) groups excluding carboxylic acids is 2. The van der Waals surface area contributed by atoms with Crippen molar-refractivity contribution in [2.75, 3.05) is 5.32 Å². The second-order valence-corrected chi connectivity index (χ2v) is 4.92. The van der Waals surface area contributed by atoms with E-state index in [-0.39, 0.29) is 0 Å². The van der Waals surface area contributed by atoms with Gasteiger partial charge in [0.15, 0.2) is 5.58 Å². The highest BCUT2D eigenvalue weighted by molar-refractivity contribution is 6.01. The van der Waals surface area contributed by atoms with Gasteiger partial charge in [-0.1, -0.05) is 0 Å². The molecule has 0 aliphatic rings. The van der Waals surface area contributed by atoms with Crippen LogP contribution in [0.25, 0.3) is 11.1 Å². The second-order valence-electron chi connectivity index (χ2n) is 4.92. The minimum Gasteiger partial charge on any atom is -0.472 e. The van der Waals surface area contributed by atoms with Gasteiger partial charge in [-0.05, 0) is 31.2 Å². The van der Waals surface area contributed by atoms with E-state index >= 15 is 0 Å². The number of aromatic nitrogens is 1. The summed E-state index contributed by atoms with van der Waals surface area (Å²) in [5.41, 5.74) is 1.68. The fourth-order valence-corrected chi connectivity index (χ4v) is 2.02. The normalized spacial score (nSPS) is 12.0. The Morgan fingerprint density at radius 2 is 2.09 bits per heavy atom. The van der Waals surface area contributed by atoms with E-state index in [0.717, 1.165) is 0 Å². The number of aromatic amines is 1. The van der Waals surface area contributed by atoms with Crippen LogP contribution in [0.3, 0.4) is 0 Å². The molecule has 2 amide bonds. The van der Waals surface area contributed by atoms with Gasteiger partial charge in [0.05, 0.1) is 17.3 Å². The maximum atomic E-state index is 12.1. The van der Waals surface area contributed by atoms with Gasteiger partial charge in [-0.3, -0.25) is 14.6 Å². The number of fused-ring (bicyclic) bond motifs is 1. The van der Waals surface area contributed by atoms with Crippen LogP contribution >= 0.6 is 0 Å². The van der Waals surface area contributed by atoms with Crippen molar-refractivity contribution in [1.82, 2.24) is 10.3 Å². The monoisotopic (exact) mass is 315 g/mol. The second kappa shape index (κ2) is 5.84. The molecule has 23 heavy (non-hydrogen) atoms. The highest BCUT2D eigenvalue weighted by atomic mass is 16.4. The van der Waals surface area contributed by atoms with Crippen molar-refractivity contribution >= 4 is 28.6 Å². The molecule has 0 fully saturated rings. The minimum absolute atomic E-state index is 0.335. The maximum Gasteiger partial charge on any atom is 0.417 e. The first-order chi connectivity index (χ1) is 11.0. The van der Waals surface area contributed by atoms with Gasteiger partial charge < -0.3 is 19.5 Å². The SMILES string of the molecule is C[C@H](NC(=O)c1ccoc1)C(=O)Nc1ccc2oc(=O)[nH]c2c1. The average molecular weight is 315 g/mol. The topological polar surface area (TPSA) is 117 Å². The summed E-state index contributed by atoms with van der Waals surface area (Å²) in [6.45, 7) is 1.56. The van der Waals surface area contributed by atoms with Gasteiger partial charge in [-0.15, -0.1) is 0 Å². The van der Waals surface area contributed by atoms with Crippen molar-refractivity contribution in [2.45, 2.75) is 13.0 Å². The van der Waals surface area contributed by atoms with Crippen LogP contribution in [0.15, 0.2) is 50.4 Å². The molecule has 3 aromatic rings. The fourth-order valence-electron chi connectivity index (χ4n) is 2.02. The molecule has 3 N–H and O–H groups in total. The van der Waals surface area contributed by atoms with Crippen molar-refractivity contribution in [1.29, 1.82) is 0 Å². The Morgan fingerprint density at radius 3 is 2.83 bits per heavy atom. The molecule has 1 atom stereocenters. The van der Waals surface area contributed by atoms with E-state index in [0.29, 0.717) is 22.4 Å². The first-order valence-electron chi connectivity index (χ1n) is 6.80. The third-order valence-electron chi connectivity index (χ3n) is 3.21. The van der Waals surface area contributed by atoms with Crippen molar-refractivity contribution in [3.63, 3.8) is 0 Å². The lowest BCUT2D eigenvalue weighted by Crippen LogP contribution is -2.41. The first-order valence-corrected chi connectivity index (χ1v) is 6.80. The van der Waals surface area contributed by atoms with Crippen LogP contribution in [-0.4, -0.2) is 22.8 Å². The molecule has 8 nitrogen and oxygen atoms in total. The summed E-state index contributed by atoms with van der Waals surface area (Å²) < 4.78 is 9.70. The number of furan rings is 1. The van der Waals surface area contributed by atoms with Gasteiger partial charge in [-0.2, -0.15) is 0 Å². The standard InChI is InChI=1S/C15H13N3O5/c1-8(16-14(20)9-4-5-22-7-9)13(19)17-10-2-3-12-11(6-10)18-15(21)23-12/h2-8H,1H3,(H,16,20)(H,17,19)(H,18,21)/t8-/m0/s1. The quantitative estimate of drug-likeness (QED) is 0.674. The van der Waals surface area contributed by atoms with Crippen molar-refractivity contribution < 1.29 is 18.4 Å². The number of benzene rings is 1. The highest BCUT2D eigenvalue weighted by Gasteiger charge is 2.17. The number of nitrogens with one attached hydrogen (secondary N) is 3. The summed E-state index contributed by atoms with van der Waals surface area (Å²) >= 11 is 0. The van der Waals surface area contributed by atoms with Gasteiger partial charge in [0.2, 0.25) is 5.91 Å². The van der Waals surface area contributed by atoms with Crippen molar-refractivity contribution in [3.8, 4) is 0 Å². The molecule has 0 radical (unpaired) electrons. The number of H-pyrrole nitrogens is 1. The summed E-state index contributed by atoms with van der Waals surface area (Å²) in [6.07, 6.45) is 2.67. The molecule has 0 spiro atoms. The largest absolute Gasteiger partial charge is 0.472 e. The van der Waals surface area contributed by atoms with E-state index in [2.05, 4.69) is 15.6 Å². The smallest absolute Gasteiger partial charge is 0.417 e. The molecule has 0 aliphatic heterocycles. The molecule has 0 saturated carbocycles. The van der Waals surface area contributed by atoms with Gasteiger partial charge in [0, 0.05) is 5.69 Å². The predicted octanol–water partition coefficient (Wildman–Crippen LogP) is 1.47. The fraction of sp³-hybridized carbons (Fsp3) is 0.133. The Labute approximate surface area is 129 Å². The number of amides is 2. The van der Waals surface area contributed by atoms with Crippen LogP contribution in [-0.2, 0) is 4.79 Å². The van der Waals surface area contributed by atoms with Crippen LogP contribution < -0.4 is 16.4 Å². The molecule has 0 unspecified atom stereocenters. The molecule has 0 bridgehead atoms. The lowest BCUT2D eigenvalue weighted by molar-refractivity contribution is -0.117. The molecule has 1 aromatic carbocycles. The zero-order valence-corrected chi connectivity index (χ0v) is 12.1. The summed E-state index contributed by atoms with van der Waals surface area (Å²) in [5.74, 6) is -1.37. The number of oxazole rings is 1. The highest BCUT2D eigenvalue weighted by Crippen LogP contribution is 2.16. The molecular formula is C15H13N3O5. The van der Waals surface area contributed by atoms with Crippen molar-refractivity contribution in [3.05, 3.63) is 52.9 Å². The van der Waals surface area contributed by atoms with E-state index in [4.69, 9.17) is 8.83 Å². The maximum absolute atomic E-state index is 12.1. The zero-order chi connectivity index (χ0) is 16.4. The molecule has 0 aliphatic carbocycles. The van der Waals surface area contributed by atoms with Crippen LogP contribution in [0, 0.1) is 0 Å². The molecule has 8 heteroatoms. The Hall–Kier alpha value is -3.29. The van der Waals surface area contributed by atoms with Gasteiger partial charge >= 0.3 is 5.76 Å². The van der Waals surface area contributed by atoms with E-state index in [1.54, 1.807) is 25.1 Å². The Balaban J connectivity index is 1.67. The summed E-state index contributed by atoms with van der Waals surface area (Å²) in [6, 6.07) is 5.49. The third-order valence-corrected chi connectivity index (χ3v) is 3.21.